The van der Waals surface area contributed by atoms with Crippen LogP contribution < -0.4 is 5.63 Å². The van der Waals surface area contributed by atoms with Gasteiger partial charge >= 0.3 is 17.7 Å². The Balaban J connectivity index is 2.77. The molecule has 0 unspecified atom stereocenters. The lowest BCUT2D eigenvalue weighted by Gasteiger charge is -2.04. The molecule has 0 spiro atoms. The van der Waals surface area contributed by atoms with Gasteiger partial charge in [0.1, 0.15) is 0 Å². The van der Waals surface area contributed by atoms with Crippen LogP contribution in [0.2, 0.25) is 0 Å². The van der Waals surface area contributed by atoms with Crippen molar-refractivity contribution in [2.75, 3.05) is 0 Å². The molecule has 0 radical (unpaired) electrons. The van der Waals surface area contributed by atoms with Crippen LogP contribution in [-0.2, 0) is 6.18 Å². The minimum Gasteiger partial charge on any atom is -0.398 e. The molecule has 18 heavy (non-hydrogen) atoms. The Bertz CT molecular complexity index is 692. The zero-order valence-corrected chi connectivity index (χ0v) is 8.39. The van der Waals surface area contributed by atoms with Crippen molar-refractivity contribution < 1.29 is 22.5 Å². The van der Waals surface area contributed by atoms with Gasteiger partial charge in [-0.3, -0.25) is 10.1 Å². The van der Waals surface area contributed by atoms with Crippen LogP contribution in [0.15, 0.2) is 27.4 Å². The average Bonchev–Trinajstić information content (AvgIpc) is 2.26. The van der Waals surface area contributed by atoms with E-state index >= 15 is 0 Å². The molecule has 0 atom stereocenters. The van der Waals surface area contributed by atoms with E-state index in [1.54, 1.807) is 0 Å². The summed E-state index contributed by atoms with van der Waals surface area (Å²) in [6.45, 7) is 0. The molecule has 94 valence electrons. The summed E-state index contributed by atoms with van der Waals surface area (Å²) in [4.78, 5) is 24.0. The SMILES string of the molecule is O=c1oc(C(F)(F)F)nc2cc([N+](=O)[O-])ccc12. The van der Waals surface area contributed by atoms with E-state index in [0.717, 1.165) is 18.2 Å². The fourth-order valence-corrected chi connectivity index (χ4v) is 1.29. The number of alkyl halides is 3. The lowest BCUT2D eigenvalue weighted by Crippen LogP contribution is -2.13. The predicted molar refractivity (Wildman–Crippen MR) is 51.9 cm³/mol. The van der Waals surface area contributed by atoms with Gasteiger partial charge in [-0.1, -0.05) is 0 Å². The summed E-state index contributed by atoms with van der Waals surface area (Å²) in [6, 6.07) is 2.75. The molecule has 0 amide bonds. The first-order valence-corrected chi connectivity index (χ1v) is 4.45. The molecule has 0 fully saturated rings. The normalized spacial score (nSPS) is 11.7. The third-order valence-corrected chi connectivity index (χ3v) is 2.07. The number of nitro benzene ring substituents is 1. The molecule has 2 aromatic rings. The van der Waals surface area contributed by atoms with Crippen LogP contribution in [0.25, 0.3) is 10.9 Å². The van der Waals surface area contributed by atoms with Gasteiger partial charge in [0.15, 0.2) is 0 Å². The molecule has 2 rings (SSSR count). The molecular weight excluding hydrogens is 257 g/mol. The smallest absolute Gasteiger partial charge is 0.398 e. The number of non-ortho nitro benzene ring substituents is 1. The van der Waals surface area contributed by atoms with Gasteiger partial charge in [0.05, 0.1) is 15.8 Å². The molecule has 9 heteroatoms. The average molecular weight is 260 g/mol. The number of rotatable bonds is 1. The Morgan fingerprint density at radius 3 is 2.56 bits per heavy atom. The van der Waals surface area contributed by atoms with Gasteiger partial charge in [-0.05, 0) is 6.07 Å². The number of hydrogen-bond acceptors (Lipinski definition) is 5. The molecule has 6 nitrogen and oxygen atoms in total. The fourth-order valence-electron chi connectivity index (χ4n) is 1.29. The van der Waals surface area contributed by atoms with Crippen LogP contribution >= 0.6 is 0 Å². The highest BCUT2D eigenvalue weighted by atomic mass is 19.4. The third kappa shape index (κ3) is 2.01. The minimum absolute atomic E-state index is 0.256. The van der Waals surface area contributed by atoms with Crippen LogP contribution in [-0.4, -0.2) is 9.91 Å². The second-order valence-electron chi connectivity index (χ2n) is 3.26. The Labute approximate surface area is 95.8 Å². The van der Waals surface area contributed by atoms with Crippen molar-refractivity contribution in [3.8, 4) is 0 Å². The van der Waals surface area contributed by atoms with Crippen LogP contribution in [0.1, 0.15) is 5.89 Å². The Hall–Kier alpha value is -2.45. The maximum atomic E-state index is 12.3. The first-order valence-electron chi connectivity index (χ1n) is 4.45. The van der Waals surface area contributed by atoms with Gasteiger partial charge in [0.2, 0.25) is 0 Å². The second kappa shape index (κ2) is 3.79. The maximum absolute atomic E-state index is 12.3. The van der Waals surface area contributed by atoms with E-state index in [1.807, 2.05) is 0 Å². The van der Waals surface area contributed by atoms with E-state index in [9.17, 15) is 28.1 Å². The second-order valence-corrected chi connectivity index (χ2v) is 3.26. The van der Waals surface area contributed by atoms with Gasteiger partial charge in [-0.25, -0.2) is 9.78 Å². The van der Waals surface area contributed by atoms with E-state index in [0.29, 0.717) is 0 Å². The standard InChI is InChI=1S/C9H3F3N2O4/c10-9(11,12)8-13-6-3-4(14(16)17)1-2-5(6)7(15)18-8/h1-3H. The molecule has 1 aromatic heterocycles. The van der Waals surface area contributed by atoms with Crippen molar-refractivity contribution >= 4 is 16.6 Å². The van der Waals surface area contributed by atoms with Gasteiger partial charge in [0.25, 0.3) is 5.69 Å². The van der Waals surface area contributed by atoms with Gasteiger partial charge in [-0.15, -0.1) is 0 Å². The lowest BCUT2D eigenvalue weighted by atomic mass is 10.2. The molecular formula is C9H3F3N2O4. The van der Waals surface area contributed by atoms with Gasteiger partial charge < -0.3 is 4.42 Å². The summed E-state index contributed by atoms with van der Waals surface area (Å²) in [7, 11) is 0. The summed E-state index contributed by atoms with van der Waals surface area (Å²) in [5.41, 5.74) is -2.15. The van der Waals surface area contributed by atoms with E-state index in [1.165, 1.54) is 0 Å². The summed E-state index contributed by atoms with van der Waals surface area (Å²) in [6.07, 6.45) is -4.93. The highest BCUT2D eigenvalue weighted by Crippen LogP contribution is 2.28. The number of halogens is 3. The van der Waals surface area contributed by atoms with Crippen LogP contribution in [0.3, 0.4) is 0 Å². The summed E-state index contributed by atoms with van der Waals surface area (Å²) >= 11 is 0. The number of hydrogen-bond donors (Lipinski definition) is 0. The van der Waals surface area contributed by atoms with E-state index in [4.69, 9.17) is 0 Å². The number of aromatic nitrogens is 1. The van der Waals surface area contributed by atoms with E-state index in [-0.39, 0.29) is 5.39 Å². The van der Waals surface area contributed by atoms with Crippen molar-refractivity contribution in [2.45, 2.75) is 6.18 Å². The lowest BCUT2D eigenvalue weighted by molar-refractivity contribution is -0.384. The summed E-state index contributed by atoms with van der Waals surface area (Å²) in [5, 5.41) is 10.2. The van der Waals surface area contributed by atoms with Crippen LogP contribution in [0.4, 0.5) is 18.9 Å². The predicted octanol–water partition coefficient (Wildman–Crippen LogP) is 2.12. The molecule has 1 aromatic carbocycles. The van der Waals surface area contributed by atoms with Gasteiger partial charge in [-0.2, -0.15) is 13.2 Å². The molecule has 0 saturated heterocycles. The Morgan fingerprint density at radius 1 is 1.33 bits per heavy atom. The summed E-state index contributed by atoms with van der Waals surface area (Å²) < 4.78 is 41.0. The zero-order chi connectivity index (χ0) is 13.5. The highest BCUT2D eigenvalue weighted by Gasteiger charge is 2.37. The molecule has 1 heterocycles. The first-order chi connectivity index (χ1) is 8.29. The molecule has 0 saturated carbocycles. The fraction of sp³-hybridized carbons (Fsp3) is 0.111. The van der Waals surface area contributed by atoms with Crippen LogP contribution in [0.5, 0.6) is 0 Å². The molecule has 0 aliphatic carbocycles. The number of benzene rings is 1. The van der Waals surface area contributed by atoms with Crippen molar-refractivity contribution in [3.05, 3.63) is 44.6 Å². The first kappa shape index (κ1) is 12.0. The van der Waals surface area contributed by atoms with E-state index < -0.39 is 33.8 Å². The van der Waals surface area contributed by atoms with E-state index in [2.05, 4.69) is 9.40 Å². The molecule has 0 bridgehead atoms. The molecule has 0 aliphatic rings. The monoisotopic (exact) mass is 260 g/mol. The van der Waals surface area contributed by atoms with Crippen molar-refractivity contribution in [3.63, 3.8) is 0 Å². The maximum Gasteiger partial charge on any atom is 0.469 e. The van der Waals surface area contributed by atoms with Crippen molar-refractivity contribution in [1.29, 1.82) is 0 Å². The largest absolute Gasteiger partial charge is 0.469 e. The topological polar surface area (TPSA) is 86.2 Å². The number of fused-ring (bicyclic) bond motifs is 1. The highest BCUT2D eigenvalue weighted by molar-refractivity contribution is 5.79. The minimum atomic E-state index is -4.93. The Morgan fingerprint density at radius 2 is 2.00 bits per heavy atom. The number of nitro groups is 1. The van der Waals surface area contributed by atoms with Crippen LogP contribution in [0, 0.1) is 10.1 Å². The quantitative estimate of drug-likeness (QED) is 0.579. The Kier molecular flexibility index (Phi) is 2.53. The molecule has 0 aliphatic heterocycles. The van der Waals surface area contributed by atoms with Gasteiger partial charge in [0, 0.05) is 12.1 Å². The third-order valence-electron chi connectivity index (χ3n) is 2.07. The van der Waals surface area contributed by atoms with Crippen molar-refractivity contribution in [1.82, 2.24) is 4.98 Å². The zero-order valence-electron chi connectivity index (χ0n) is 8.39. The van der Waals surface area contributed by atoms with Crippen molar-refractivity contribution in [2.24, 2.45) is 0 Å². The molecule has 0 N–H and O–H groups in total. The number of nitrogens with zero attached hydrogens (tertiary/aromatic N) is 2. The summed E-state index contributed by atoms with van der Waals surface area (Å²) in [5.74, 6) is -1.74.